The van der Waals surface area contributed by atoms with Gasteiger partial charge in [-0.05, 0) is 35.9 Å². The first kappa shape index (κ1) is 15.3. The summed E-state index contributed by atoms with van der Waals surface area (Å²) in [5.41, 5.74) is 1.58. The largest absolute Gasteiger partial charge is 0.380 e. The first-order valence-corrected chi connectivity index (χ1v) is 8.38. The van der Waals surface area contributed by atoms with Crippen molar-refractivity contribution in [3.63, 3.8) is 0 Å². The van der Waals surface area contributed by atoms with E-state index in [9.17, 15) is 8.42 Å². The molecule has 0 saturated heterocycles. The van der Waals surface area contributed by atoms with E-state index in [-0.39, 0.29) is 4.90 Å². The zero-order valence-corrected chi connectivity index (χ0v) is 13.5. The van der Waals surface area contributed by atoms with Crippen molar-refractivity contribution in [3.8, 4) is 0 Å². The maximum absolute atomic E-state index is 11.3. The Balaban J connectivity index is 2.19. The van der Waals surface area contributed by atoms with Crippen LogP contribution in [0.2, 0.25) is 5.02 Å². The summed E-state index contributed by atoms with van der Waals surface area (Å²) in [5, 5.41) is 8.63. The molecule has 4 nitrogen and oxygen atoms in total. The highest BCUT2D eigenvalue weighted by Crippen LogP contribution is 2.25. The topological polar surface area (TPSA) is 72.2 Å². The quantitative estimate of drug-likeness (QED) is 0.860. The number of halogens is 2. The monoisotopic (exact) mass is 374 g/mol. The highest BCUT2D eigenvalue weighted by molar-refractivity contribution is 9.10. The summed E-state index contributed by atoms with van der Waals surface area (Å²) in [6.07, 6.45) is 0. The van der Waals surface area contributed by atoms with Crippen LogP contribution in [0.4, 0.5) is 5.69 Å². The fraction of sp³-hybridized carbons (Fsp3) is 0.0769. The van der Waals surface area contributed by atoms with Crippen LogP contribution in [-0.2, 0) is 16.6 Å². The van der Waals surface area contributed by atoms with Gasteiger partial charge in [0.25, 0.3) is 0 Å². The molecule has 0 amide bonds. The molecule has 106 valence electrons. The molecule has 0 heterocycles. The van der Waals surface area contributed by atoms with E-state index in [1.54, 1.807) is 0 Å². The lowest BCUT2D eigenvalue weighted by atomic mass is 10.2. The molecule has 0 fully saturated rings. The molecule has 20 heavy (non-hydrogen) atoms. The molecule has 0 radical (unpaired) electrons. The van der Waals surface area contributed by atoms with E-state index < -0.39 is 10.0 Å². The Hall–Kier alpha value is -1.08. The molecular formula is C13H12BrClN2O2S. The van der Waals surface area contributed by atoms with Crippen molar-refractivity contribution >= 4 is 43.2 Å². The van der Waals surface area contributed by atoms with Gasteiger partial charge in [-0.2, -0.15) is 0 Å². The van der Waals surface area contributed by atoms with E-state index in [4.69, 9.17) is 16.7 Å². The summed E-state index contributed by atoms with van der Waals surface area (Å²) < 4.78 is 23.6. The highest BCUT2D eigenvalue weighted by Gasteiger charge is 2.10. The van der Waals surface area contributed by atoms with Crippen molar-refractivity contribution in [2.45, 2.75) is 11.4 Å². The van der Waals surface area contributed by atoms with E-state index in [1.807, 2.05) is 24.3 Å². The van der Waals surface area contributed by atoms with Gasteiger partial charge < -0.3 is 5.32 Å². The van der Waals surface area contributed by atoms with Crippen LogP contribution in [0.5, 0.6) is 0 Å². The normalized spacial score (nSPS) is 11.3. The van der Waals surface area contributed by atoms with Crippen LogP contribution in [0.25, 0.3) is 0 Å². The summed E-state index contributed by atoms with van der Waals surface area (Å²) in [7, 11) is -3.74. The van der Waals surface area contributed by atoms with Crippen LogP contribution < -0.4 is 10.5 Å². The van der Waals surface area contributed by atoms with Gasteiger partial charge in [-0.1, -0.05) is 39.7 Å². The number of hydrogen-bond acceptors (Lipinski definition) is 3. The highest BCUT2D eigenvalue weighted by atomic mass is 79.9. The van der Waals surface area contributed by atoms with Gasteiger partial charge in [-0.25, -0.2) is 13.6 Å². The van der Waals surface area contributed by atoms with Gasteiger partial charge in [-0.15, -0.1) is 0 Å². The van der Waals surface area contributed by atoms with Gasteiger partial charge in [0.15, 0.2) is 0 Å². The molecule has 0 bridgehead atoms. The molecule has 0 unspecified atom stereocenters. The molecule has 0 atom stereocenters. The zero-order chi connectivity index (χ0) is 14.8. The second kappa shape index (κ2) is 6.13. The van der Waals surface area contributed by atoms with E-state index in [1.165, 1.54) is 18.2 Å². The summed E-state index contributed by atoms with van der Waals surface area (Å²) in [4.78, 5) is 0.0280. The molecule has 7 heteroatoms. The average Bonchev–Trinajstić information content (AvgIpc) is 2.38. The smallest absolute Gasteiger partial charge is 0.238 e. The molecule has 2 aromatic carbocycles. The number of sulfonamides is 1. The molecule has 2 aromatic rings. The first-order valence-electron chi connectivity index (χ1n) is 5.67. The van der Waals surface area contributed by atoms with Crippen molar-refractivity contribution < 1.29 is 8.42 Å². The van der Waals surface area contributed by atoms with E-state index >= 15 is 0 Å². The molecular weight excluding hydrogens is 364 g/mol. The molecule has 0 aliphatic heterocycles. The van der Waals surface area contributed by atoms with Gasteiger partial charge in [-0.3, -0.25) is 0 Å². The van der Waals surface area contributed by atoms with Crippen LogP contribution in [0.15, 0.2) is 51.8 Å². The van der Waals surface area contributed by atoms with E-state index in [2.05, 4.69) is 21.2 Å². The SMILES string of the molecule is NS(=O)(=O)c1ccc(Cl)c(NCc2ccc(Br)cc2)c1. The minimum atomic E-state index is -3.74. The predicted molar refractivity (Wildman–Crippen MR) is 84.3 cm³/mol. The number of anilines is 1. The maximum atomic E-state index is 11.3. The lowest BCUT2D eigenvalue weighted by Crippen LogP contribution is -2.12. The standard InChI is InChI=1S/C13H12BrClN2O2S/c14-10-3-1-9(2-4-10)8-17-13-7-11(20(16,18)19)5-6-12(13)15/h1-7,17H,8H2,(H2,16,18,19). The number of benzene rings is 2. The minimum absolute atomic E-state index is 0.0280. The zero-order valence-electron chi connectivity index (χ0n) is 10.3. The number of nitrogens with two attached hydrogens (primary N) is 1. The molecule has 0 saturated carbocycles. The van der Waals surface area contributed by atoms with Crippen molar-refractivity contribution in [2.24, 2.45) is 5.14 Å². The number of hydrogen-bond donors (Lipinski definition) is 2. The van der Waals surface area contributed by atoms with Crippen LogP contribution in [0, 0.1) is 0 Å². The summed E-state index contributed by atoms with van der Waals surface area (Å²) in [5.74, 6) is 0. The summed E-state index contributed by atoms with van der Waals surface area (Å²) >= 11 is 9.39. The summed E-state index contributed by atoms with van der Waals surface area (Å²) in [6, 6.07) is 12.1. The lowest BCUT2D eigenvalue weighted by Gasteiger charge is -2.10. The lowest BCUT2D eigenvalue weighted by molar-refractivity contribution is 0.598. The van der Waals surface area contributed by atoms with Crippen molar-refractivity contribution in [2.75, 3.05) is 5.32 Å². The number of primary sulfonamides is 1. The predicted octanol–water partition coefficient (Wildman–Crippen LogP) is 3.36. The minimum Gasteiger partial charge on any atom is -0.380 e. The Morgan fingerprint density at radius 1 is 1.15 bits per heavy atom. The van der Waals surface area contributed by atoms with E-state index in [0.29, 0.717) is 17.3 Å². The van der Waals surface area contributed by atoms with Crippen molar-refractivity contribution in [3.05, 3.63) is 57.5 Å². The fourth-order valence-corrected chi connectivity index (χ4v) is 2.60. The van der Waals surface area contributed by atoms with Crippen LogP contribution in [0.3, 0.4) is 0 Å². The third-order valence-electron chi connectivity index (χ3n) is 2.66. The molecule has 2 rings (SSSR count). The average molecular weight is 376 g/mol. The molecule has 0 aliphatic carbocycles. The Morgan fingerprint density at radius 2 is 1.80 bits per heavy atom. The van der Waals surface area contributed by atoms with Gasteiger partial charge in [0, 0.05) is 11.0 Å². The third kappa shape index (κ3) is 3.96. The van der Waals surface area contributed by atoms with Crippen LogP contribution >= 0.6 is 27.5 Å². The summed E-state index contributed by atoms with van der Waals surface area (Å²) in [6.45, 7) is 0.529. The Labute approximate surface area is 131 Å². The van der Waals surface area contributed by atoms with E-state index in [0.717, 1.165) is 10.0 Å². The number of nitrogens with one attached hydrogen (secondary N) is 1. The van der Waals surface area contributed by atoms with Crippen LogP contribution in [0.1, 0.15) is 5.56 Å². The molecule has 3 N–H and O–H groups in total. The van der Waals surface area contributed by atoms with Gasteiger partial charge in [0.05, 0.1) is 15.6 Å². The van der Waals surface area contributed by atoms with Gasteiger partial charge in [0.1, 0.15) is 0 Å². The van der Waals surface area contributed by atoms with Crippen LogP contribution in [-0.4, -0.2) is 8.42 Å². The maximum Gasteiger partial charge on any atom is 0.238 e. The van der Waals surface area contributed by atoms with Gasteiger partial charge >= 0.3 is 0 Å². The Morgan fingerprint density at radius 3 is 2.40 bits per heavy atom. The van der Waals surface area contributed by atoms with Crippen molar-refractivity contribution in [1.82, 2.24) is 0 Å². The van der Waals surface area contributed by atoms with Crippen molar-refractivity contribution in [1.29, 1.82) is 0 Å². The Kier molecular flexibility index (Phi) is 4.70. The third-order valence-corrected chi connectivity index (χ3v) is 4.43. The first-order chi connectivity index (χ1) is 9.36. The molecule has 0 aromatic heterocycles. The Bertz CT molecular complexity index is 718. The fourth-order valence-electron chi connectivity index (χ4n) is 1.62. The second-order valence-corrected chi connectivity index (χ2v) is 7.05. The second-order valence-electron chi connectivity index (χ2n) is 4.17. The molecule has 0 aliphatic rings. The number of rotatable bonds is 4. The molecule has 0 spiro atoms. The van der Waals surface area contributed by atoms with Gasteiger partial charge in [0.2, 0.25) is 10.0 Å².